The van der Waals surface area contributed by atoms with Gasteiger partial charge >= 0.3 is 5.97 Å². The number of esters is 1. The quantitative estimate of drug-likeness (QED) is 0.436. The van der Waals surface area contributed by atoms with Crippen molar-refractivity contribution in [2.24, 2.45) is 4.99 Å². The van der Waals surface area contributed by atoms with E-state index in [1.165, 1.54) is 5.56 Å². The largest absolute Gasteiger partial charge is 0.497 e. The highest BCUT2D eigenvalue weighted by atomic mass is 16.6. The number of hydrogen-bond acceptors (Lipinski definition) is 5. The van der Waals surface area contributed by atoms with Crippen LogP contribution < -0.4 is 9.47 Å². The first-order valence-corrected chi connectivity index (χ1v) is 9.56. The monoisotopic (exact) mass is 399 g/mol. The van der Waals surface area contributed by atoms with Crippen molar-refractivity contribution in [3.05, 3.63) is 101 Å². The molecular formula is C25H21NO4. The Morgan fingerprint density at radius 2 is 1.70 bits per heavy atom. The molecule has 0 atom stereocenters. The second-order valence-electron chi connectivity index (χ2n) is 6.91. The molecule has 0 amide bonds. The predicted octanol–water partition coefficient (Wildman–Crippen LogP) is 4.93. The number of aliphatic imine (C=N–C) groups is 1. The van der Waals surface area contributed by atoms with Crippen LogP contribution in [0.1, 0.15) is 22.3 Å². The Bertz CT molecular complexity index is 1110. The van der Waals surface area contributed by atoms with Crippen LogP contribution in [0, 0.1) is 6.92 Å². The van der Waals surface area contributed by atoms with Gasteiger partial charge in [0.05, 0.1) is 7.11 Å². The number of hydrogen-bond donors (Lipinski definition) is 0. The normalized spacial score (nSPS) is 14.4. The van der Waals surface area contributed by atoms with Gasteiger partial charge in [-0.2, -0.15) is 0 Å². The minimum atomic E-state index is -0.472. The Kier molecular flexibility index (Phi) is 5.61. The topological polar surface area (TPSA) is 57.1 Å². The van der Waals surface area contributed by atoms with Gasteiger partial charge in [0.25, 0.3) is 0 Å². The molecule has 0 aromatic heterocycles. The van der Waals surface area contributed by atoms with Crippen LogP contribution >= 0.6 is 0 Å². The molecular weight excluding hydrogens is 378 g/mol. The van der Waals surface area contributed by atoms with E-state index in [-0.39, 0.29) is 11.6 Å². The van der Waals surface area contributed by atoms with Gasteiger partial charge in [-0.3, -0.25) is 0 Å². The van der Waals surface area contributed by atoms with E-state index in [1.54, 1.807) is 37.5 Å². The number of nitrogens with zero attached hydrogens (tertiary/aromatic N) is 1. The number of methoxy groups -OCH3 is 1. The SMILES string of the molecule is COc1ccc(C2=NC(=Cc3ccc(OCc4cccc(C)c4)cc3)C(=O)O2)cc1. The molecule has 5 heteroatoms. The maximum Gasteiger partial charge on any atom is 0.363 e. The zero-order valence-corrected chi connectivity index (χ0v) is 16.8. The lowest BCUT2D eigenvalue weighted by Gasteiger charge is -2.07. The molecule has 150 valence electrons. The molecule has 30 heavy (non-hydrogen) atoms. The van der Waals surface area contributed by atoms with Crippen molar-refractivity contribution in [1.29, 1.82) is 0 Å². The summed E-state index contributed by atoms with van der Waals surface area (Å²) in [5, 5.41) is 0. The van der Waals surface area contributed by atoms with Crippen LogP contribution in [-0.4, -0.2) is 19.0 Å². The summed E-state index contributed by atoms with van der Waals surface area (Å²) in [5.41, 5.74) is 4.14. The standard InChI is InChI=1S/C25H21NO4/c1-17-4-3-5-19(14-17)16-29-22-10-6-18(7-11-22)15-23-25(27)30-24(26-23)20-8-12-21(28-2)13-9-20/h3-15H,16H2,1-2H3. The zero-order valence-electron chi connectivity index (χ0n) is 16.8. The first-order chi connectivity index (χ1) is 14.6. The molecule has 4 rings (SSSR count). The Balaban J connectivity index is 1.44. The van der Waals surface area contributed by atoms with E-state index in [1.807, 2.05) is 36.4 Å². The minimum Gasteiger partial charge on any atom is -0.497 e. The van der Waals surface area contributed by atoms with Crippen molar-refractivity contribution < 1.29 is 19.0 Å². The first-order valence-electron chi connectivity index (χ1n) is 9.56. The number of aryl methyl sites for hydroxylation is 1. The van der Waals surface area contributed by atoms with Crippen LogP contribution in [0.25, 0.3) is 6.08 Å². The molecule has 0 bridgehead atoms. The van der Waals surface area contributed by atoms with E-state index in [0.29, 0.717) is 12.2 Å². The van der Waals surface area contributed by atoms with E-state index in [2.05, 4.69) is 24.0 Å². The first kappa shape index (κ1) is 19.5. The van der Waals surface area contributed by atoms with E-state index in [4.69, 9.17) is 14.2 Å². The third-order valence-corrected chi connectivity index (χ3v) is 4.63. The lowest BCUT2D eigenvalue weighted by molar-refractivity contribution is -0.129. The van der Waals surface area contributed by atoms with Crippen molar-refractivity contribution in [3.63, 3.8) is 0 Å². The molecule has 1 aliphatic rings. The van der Waals surface area contributed by atoms with Gasteiger partial charge in [-0.25, -0.2) is 9.79 Å². The summed E-state index contributed by atoms with van der Waals surface area (Å²) in [4.78, 5) is 16.5. The molecule has 0 unspecified atom stereocenters. The molecule has 3 aromatic carbocycles. The van der Waals surface area contributed by atoms with E-state index < -0.39 is 5.97 Å². The minimum absolute atomic E-state index is 0.259. The fraction of sp³-hybridized carbons (Fsp3) is 0.120. The zero-order chi connectivity index (χ0) is 20.9. The molecule has 0 saturated carbocycles. The molecule has 0 fully saturated rings. The summed E-state index contributed by atoms with van der Waals surface area (Å²) >= 11 is 0. The van der Waals surface area contributed by atoms with Gasteiger partial charge in [-0.05, 0) is 60.5 Å². The van der Waals surface area contributed by atoms with E-state index in [0.717, 1.165) is 22.6 Å². The van der Waals surface area contributed by atoms with Crippen LogP contribution in [0.3, 0.4) is 0 Å². The highest BCUT2D eigenvalue weighted by Gasteiger charge is 2.24. The molecule has 3 aromatic rings. The smallest absolute Gasteiger partial charge is 0.363 e. The molecule has 0 N–H and O–H groups in total. The third kappa shape index (κ3) is 4.58. The van der Waals surface area contributed by atoms with Crippen molar-refractivity contribution >= 4 is 17.9 Å². The second-order valence-corrected chi connectivity index (χ2v) is 6.91. The van der Waals surface area contributed by atoms with Crippen LogP contribution in [0.4, 0.5) is 0 Å². The molecule has 0 aliphatic carbocycles. The van der Waals surface area contributed by atoms with Gasteiger partial charge in [0.2, 0.25) is 5.90 Å². The number of cyclic esters (lactones) is 1. The molecule has 0 spiro atoms. The summed E-state index contributed by atoms with van der Waals surface area (Å²) in [5.74, 6) is 1.30. The summed E-state index contributed by atoms with van der Waals surface area (Å²) in [6, 6.07) is 22.9. The maximum absolute atomic E-state index is 12.2. The summed E-state index contributed by atoms with van der Waals surface area (Å²) in [6.07, 6.45) is 1.70. The molecule has 0 saturated heterocycles. The van der Waals surface area contributed by atoms with Gasteiger partial charge < -0.3 is 14.2 Å². The second kappa shape index (κ2) is 8.66. The van der Waals surface area contributed by atoms with Crippen LogP contribution in [0.2, 0.25) is 0 Å². The highest BCUT2D eigenvalue weighted by Crippen LogP contribution is 2.22. The lowest BCUT2D eigenvalue weighted by Crippen LogP contribution is -2.05. The lowest BCUT2D eigenvalue weighted by atomic mass is 10.1. The van der Waals surface area contributed by atoms with Crippen molar-refractivity contribution in [2.45, 2.75) is 13.5 Å². The van der Waals surface area contributed by atoms with E-state index in [9.17, 15) is 4.79 Å². The number of benzene rings is 3. The van der Waals surface area contributed by atoms with Crippen molar-refractivity contribution in [2.75, 3.05) is 7.11 Å². The molecule has 1 aliphatic heterocycles. The summed E-state index contributed by atoms with van der Waals surface area (Å²) in [7, 11) is 1.60. The van der Waals surface area contributed by atoms with Crippen molar-refractivity contribution in [1.82, 2.24) is 0 Å². The average molecular weight is 399 g/mol. The summed E-state index contributed by atoms with van der Waals surface area (Å²) < 4.78 is 16.3. The average Bonchev–Trinajstić information content (AvgIpc) is 3.13. The fourth-order valence-electron chi connectivity index (χ4n) is 3.05. The Labute approximate surface area is 175 Å². The maximum atomic E-state index is 12.2. The number of carbonyl (C=O) groups is 1. The van der Waals surface area contributed by atoms with Crippen LogP contribution in [-0.2, 0) is 16.1 Å². The number of carbonyl (C=O) groups excluding carboxylic acids is 1. The third-order valence-electron chi connectivity index (χ3n) is 4.63. The van der Waals surface area contributed by atoms with E-state index >= 15 is 0 Å². The predicted molar refractivity (Wildman–Crippen MR) is 116 cm³/mol. The molecule has 5 nitrogen and oxygen atoms in total. The van der Waals surface area contributed by atoms with Gasteiger partial charge in [0.15, 0.2) is 5.70 Å². The van der Waals surface area contributed by atoms with Gasteiger partial charge in [0, 0.05) is 5.56 Å². The summed E-state index contributed by atoms with van der Waals surface area (Å²) in [6.45, 7) is 2.56. The number of ether oxygens (including phenoxy) is 3. The Morgan fingerprint density at radius 1 is 0.967 bits per heavy atom. The van der Waals surface area contributed by atoms with Gasteiger partial charge in [0.1, 0.15) is 18.1 Å². The highest BCUT2D eigenvalue weighted by molar-refractivity contribution is 6.12. The van der Waals surface area contributed by atoms with Gasteiger partial charge in [-0.15, -0.1) is 0 Å². The molecule has 0 radical (unpaired) electrons. The van der Waals surface area contributed by atoms with Gasteiger partial charge in [-0.1, -0.05) is 42.0 Å². The Hall–Kier alpha value is -3.86. The van der Waals surface area contributed by atoms with Crippen LogP contribution in [0.5, 0.6) is 11.5 Å². The Morgan fingerprint density at radius 3 is 2.40 bits per heavy atom. The number of rotatable bonds is 6. The van der Waals surface area contributed by atoms with Crippen LogP contribution in [0.15, 0.2) is 83.5 Å². The molecule has 1 heterocycles. The van der Waals surface area contributed by atoms with Crippen molar-refractivity contribution in [3.8, 4) is 11.5 Å². The fourth-order valence-corrected chi connectivity index (χ4v) is 3.05.